The number of nitrogens with one attached hydrogen (secondary N) is 1. The van der Waals surface area contributed by atoms with E-state index in [4.69, 9.17) is 4.74 Å². The van der Waals surface area contributed by atoms with Gasteiger partial charge in [0.15, 0.2) is 4.96 Å². The summed E-state index contributed by atoms with van der Waals surface area (Å²) in [6.45, 7) is 2.80. The molecule has 25 heavy (non-hydrogen) atoms. The quantitative estimate of drug-likeness (QED) is 0.752. The zero-order valence-corrected chi connectivity index (χ0v) is 14.7. The molecule has 0 saturated carbocycles. The number of fused-ring (bicyclic) bond motifs is 3. The average Bonchev–Trinajstić information content (AvgIpc) is 3.15. The van der Waals surface area contributed by atoms with Gasteiger partial charge < -0.3 is 15.2 Å². The first-order valence-corrected chi connectivity index (χ1v) is 9.16. The lowest BCUT2D eigenvalue weighted by Crippen LogP contribution is -2.21. The van der Waals surface area contributed by atoms with Crippen LogP contribution in [0.25, 0.3) is 4.96 Å². The topological polar surface area (TPSA) is 75.9 Å². The molecule has 0 radical (unpaired) electrons. The molecule has 1 atom stereocenters. The molecule has 0 bridgehead atoms. The fourth-order valence-corrected chi connectivity index (χ4v) is 4.14. The number of aliphatic hydroxyl groups excluding tert-OH is 1. The number of hydrogen-bond acceptors (Lipinski definition) is 5. The van der Waals surface area contributed by atoms with Crippen molar-refractivity contribution in [3.8, 4) is 5.75 Å². The van der Waals surface area contributed by atoms with Crippen molar-refractivity contribution >= 4 is 22.2 Å². The molecule has 0 saturated heterocycles. The van der Waals surface area contributed by atoms with E-state index in [1.807, 2.05) is 36.7 Å². The highest BCUT2D eigenvalue weighted by molar-refractivity contribution is 7.15. The molecule has 3 aromatic rings. The van der Waals surface area contributed by atoms with Crippen molar-refractivity contribution in [2.75, 3.05) is 6.61 Å². The van der Waals surface area contributed by atoms with E-state index in [9.17, 15) is 9.90 Å². The van der Waals surface area contributed by atoms with Crippen LogP contribution in [-0.2, 0) is 17.9 Å². The molecular formula is C18H19N3O3S. The van der Waals surface area contributed by atoms with Crippen molar-refractivity contribution < 1.29 is 14.6 Å². The fourth-order valence-electron chi connectivity index (χ4n) is 3.40. The van der Waals surface area contributed by atoms with Crippen molar-refractivity contribution in [2.24, 2.45) is 0 Å². The zero-order valence-electron chi connectivity index (χ0n) is 13.9. The highest BCUT2D eigenvalue weighted by Gasteiger charge is 2.29. The van der Waals surface area contributed by atoms with Crippen molar-refractivity contribution in [2.45, 2.75) is 32.4 Å². The number of aromatic nitrogens is 2. The van der Waals surface area contributed by atoms with E-state index in [0.29, 0.717) is 25.3 Å². The van der Waals surface area contributed by atoms with Crippen LogP contribution in [0.1, 0.15) is 41.8 Å². The van der Waals surface area contributed by atoms with Crippen LogP contribution in [0.15, 0.2) is 29.8 Å². The number of hydrogen-bond donors (Lipinski definition) is 2. The second kappa shape index (κ2) is 6.50. The van der Waals surface area contributed by atoms with Gasteiger partial charge in [-0.05, 0) is 24.6 Å². The van der Waals surface area contributed by atoms with Crippen LogP contribution in [0.4, 0.5) is 0 Å². The van der Waals surface area contributed by atoms with Gasteiger partial charge in [-0.3, -0.25) is 9.20 Å². The van der Waals surface area contributed by atoms with E-state index in [-0.39, 0.29) is 18.4 Å². The number of aliphatic hydroxyl groups is 1. The second-order valence-electron chi connectivity index (χ2n) is 5.99. The van der Waals surface area contributed by atoms with Crippen molar-refractivity contribution in [1.82, 2.24) is 14.7 Å². The first kappa shape index (κ1) is 16.1. The minimum absolute atomic E-state index is 0.00594. The molecule has 130 valence electrons. The minimum atomic E-state index is -0.108. The number of rotatable bonds is 4. The molecule has 1 amide bonds. The summed E-state index contributed by atoms with van der Waals surface area (Å²) in [5, 5.41) is 14.6. The largest absolute Gasteiger partial charge is 0.494 e. The van der Waals surface area contributed by atoms with Gasteiger partial charge in [0.1, 0.15) is 5.75 Å². The van der Waals surface area contributed by atoms with Gasteiger partial charge in [-0.1, -0.05) is 6.07 Å². The van der Waals surface area contributed by atoms with E-state index in [1.165, 1.54) is 0 Å². The molecule has 1 aliphatic rings. The van der Waals surface area contributed by atoms with E-state index < -0.39 is 0 Å². The van der Waals surface area contributed by atoms with Crippen molar-refractivity contribution in [3.63, 3.8) is 0 Å². The van der Waals surface area contributed by atoms with Crippen LogP contribution in [0.3, 0.4) is 0 Å². The summed E-state index contributed by atoms with van der Waals surface area (Å²) in [7, 11) is 0. The predicted octanol–water partition coefficient (Wildman–Crippen LogP) is 2.44. The average molecular weight is 357 g/mol. The Labute approximate surface area is 149 Å². The third-order valence-electron chi connectivity index (χ3n) is 4.50. The van der Waals surface area contributed by atoms with Crippen LogP contribution >= 0.6 is 11.3 Å². The van der Waals surface area contributed by atoms with Crippen LogP contribution in [0.5, 0.6) is 5.75 Å². The second-order valence-corrected chi connectivity index (χ2v) is 6.86. The molecule has 0 aliphatic carbocycles. The minimum Gasteiger partial charge on any atom is -0.494 e. The lowest BCUT2D eigenvalue weighted by atomic mass is 9.90. The van der Waals surface area contributed by atoms with Crippen LogP contribution in [0, 0.1) is 0 Å². The monoisotopic (exact) mass is 357 g/mol. The summed E-state index contributed by atoms with van der Waals surface area (Å²) in [5.41, 5.74) is 3.67. The molecule has 0 unspecified atom stereocenters. The SMILES string of the molecule is CCOc1ccc([C@@H]2CC(=O)NCc3nc4sccn4c32)cc1CO. The standard InChI is InChI=1S/C18H19N3O3S/c1-2-24-15-4-3-11(7-12(15)10-22)13-8-16(23)19-9-14-17(13)21-5-6-25-18(21)20-14/h3-7,13,22H,2,8-10H2,1H3,(H,19,23)/t13-/m0/s1. The number of carbonyl (C=O) groups excluding carboxylic acids is 1. The Bertz CT molecular complexity index is 931. The maximum Gasteiger partial charge on any atom is 0.221 e. The number of benzene rings is 1. The third-order valence-corrected chi connectivity index (χ3v) is 5.26. The summed E-state index contributed by atoms with van der Waals surface area (Å²) >= 11 is 1.58. The van der Waals surface area contributed by atoms with Gasteiger partial charge in [0, 0.05) is 29.5 Å². The molecule has 7 heteroatoms. The predicted molar refractivity (Wildman–Crippen MR) is 94.9 cm³/mol. The smallest absolute Gasteiger partial charge is 0.221 e. The molecule has 2 N–H and O–H groups in total. The molecule has 6 nitrogen and oxygen atoms in total. The van der Waals surface area contributed by atoms with Gasteiger partial charge in [0.2, 0.25) is 5.91 Å². The lowest BCUT2D eigenvalue weighted by molar-refractivity contribution is -0.121. The Morgan fingerprint density at radius 1 is 1.48 bits per heavy atom. The highest BCUT2D eigenvalue weighted by Crippen LogP contribution is 2.36. The fraction of sp³-hybridized carbons (Fsp3) is 0.333. The third kappa shape index (κ3) is 2.79. The molecule has 2 aromatic heterocycles. The number of imidazole rings is 1. The molecule has 1 aliphatic heterocycles. The van der Waals surface area contributed by atoms with Crippen LogP contribution in [0.2, 0.25) is 0 Å². The van der Waals surface area contributed by atoms with Gasteiger partial charge in [-0.15, -0.1) is 11.3 Å². The molecule has 1 aromatic carbocycles. The number of thiazole rings is 1. The van der Waals surface area contributed by atoms with Crippen LogP contribution in [-0.4, -0.2) is 27.0 Å². The molecule has 4 rings (SSSR count). The molecule has 0 fully saturated rings. The maximum absolute atomic E-state index is 12.2. The maximum atomic E-state index is 12.2. The van der Waals surface area contributed by atoms with Gasteiger partial charge in [-0.25, -0.2) is 4.98 Å². The van der Waals surface area contributed by atoms with E-state index >= 15 is 0 Å². The number of amides is 1. The highest BCUT2D eigenvalue weighted by atomic mass is 32.1. The summed E-state index contributed by atoms with van der Waals surface area (Å²) < 4.78 is 7.64. The van der Waals surface area contributed by atoms with Gasteiger partial charge in [0.05, 0.1) is 31.1 Å². The Morgan fingerprint density at radius 2 is 2.36 bits per heavy atom. The summed E-state index contributed by atoms with van der Waals surface area (Å²) in [6.07, 6.45) is 2.35. The zero-order chi connectivity index (χ0) is 17.4. The molecular weight excluding hydrogens is 338 g/mol. The Hall–Kier alpha value is -2.38. The first-order chi connectivity index (χ1) is 12.2. The van der Waals surface area contributed by atoms with Gasteiger partial charge in [0.25, 0.3) is 0 Å². The van der Waals surface area contributed by atoms with Crippen LogP contribution < -0.4 is 10.1 Å². The Balaban J connectivity index is 1.84. The number of nitrogens with zero attached hydrogens (tertiary/aromatic N) is 2. The molecule has 3 heterocycles. The summed E-state index contributed by atoms with van der Waals surface area (Å²) in [5.74, 6) is 0.579. The van der Waals surface area contributed by atoms with E-state index in [0.717, 1.165) is 27.5 Å². The Morgan fingerprint density at radius 3 is 3.16 bits per heavy atom. The van der Waals surface area contributed by atoms with Gasteiger partial charge in [-0.2, -0.15) is 0 Å². The van der Waals surface area contributed by atoms with Crippen molar-refractivity contribution in [1.29, 1.82) is 0 Å². The summed E-state index contributed by atoms with van der Waals surface area (Å²) in [4.78, 5) is 17.8. The first-order valence-electron chi connectivity index (χ1n) is 8.28. The lowest BCUT2D eigenvalue weighted by Gasteiger charge is -2.17. The van der Waals surface area contributed by atoms with E-state index in [1.54, 1.807) is 11.3 Å². The summed E-state index contributed by atoms with van der Waals surface area (Å²) in [6, 6.07) is 5.78. The normalized spacial score (nSPS) is 17.2. The number of ether oxygens (including phenoxy) is 1. The van der Waals surface area contributed by atoms with E-state index in [2.05, 4.69) is 14.7 Å². The number of carbonyl (C=O) groups is 1. The van der Waals surface area contributed by atoms with Gasteiger partial charge >= 0.3 is 0 Å². The Kier molecular flexibility index (Phi) is 4.19. The molecule has 0 spiro atoms. The van der Waals surface area contributed by atoms with Crippen molar-refractivity contribution in [3.05, 3.63) is 52.3 Å².